The molecule has 0 aliphatic heterocycles. The summed E-state index contributed by atoms with van der Waals surface area (Å²) in [6.45, 7) is 0. The zero-order chi connectivity index (χ0) is 15.1. The average Bonchev–Trinajstić information content (AvgIpc) is 2.53. The van der Waals surface area contributed by atoms with Gasteiger partial charge in [0.2, 0.25) is 5.91 Å². The first kappa shape index (κ1) is 14.8. The van der Waals surface area contributed by atoms with Crippen molar-refractivity contribution in [2.45, 2.75) is 18.9 Å². The van der Waals surface area contributed by atoms with Gasteiger partial charge in [0.1, 0.15) is 0 Å². The minimum absolute atomic E-state index is 0.235. The monoisotopic (exact) mass is 279 g/mol. The summed E-state index contributed by atoms with van der Waals surface area (Å²) < 4.78 is 0. The van der Waals surface area contributed by atoms with E-state index in [2.05, 4.69) is 5.32 Å². The van der Waals surface area contributed by atoms with Crippen LogP contribution in [0.4, 0.5) is 5.69 Å². The van der Waals surface area contributed by atoms with E-state index in [1.165, 1.54) is 0 Å². The molecule has 0 radical (unpaired) electrons. The highest BCUT2D eigenvalue weighted by Crippen LogP contribution is 2.11. The van der Waals surface area contributed by atoms with Crippen molar-refractivity contribution in [1.29, 1.82) is 5.26 Å². The third kappa shape index (κ3) is 4.44. The number of aryl methyl sites for hydroxylation is 1. The molecule has 0 aliphatic rings. The molecular formula is C17H17N3O. The summed E-state index contributed by atoms with van der Waals surface area (Å²) in [5, 5.41) is 11.6. The zero-order valence-corrected chi connectivity index (χ0v) is 11.6. The minimum Gasteiger partial charge on any atom is -0.325 e. The van der Waals surface area contributed by atoms with Gasteiger partial charge in [0.25, 0.3) is 0 Å². The van der Waals surface area contributed by atoms with E-state index in [-0.39, 0.29) is 5.91 Å². The molecule has 0 spiro atoms. The van der Waals surface area contributed by atoms with Crippen molar-refractivity contribution in [1.82, 2.24) is 0 Å². The highest BCUT2D eigenvalue weighted by atomic mass is 16.2. The quantitative estimate of drug-likeness (QED) is 0.882. The lowest BCUT2D eigenvalue weighted by Gasteiger charge is -2.12. The smallest absolute Gasteiger partial charge is 0.241 e. The van der Waals surface area contributed by atoms with Crippen molar-refractivity contribution in [3.8, 4) is 6.07 Å². The van der Waals surface area contributed by atoms with Gasteiger partial charge < -0.3 is 11.1 Å². The molecule has 4 nitrogen and oxygen atoms in total. The van der Waals surface area contributed by atoms with Crippen LogP contribution in [0.3, 0.4) is 0 Å². The highest BCUT2D eigenvalue weighted by molar-refractivity contribution is 5.94. The molecule has 0 aliphatic carbocycles. The number of hydrogen-bond acceptors (Lipinski definition) is 3. The Balaban J connectivity index is 1.89. The number of carbonyl (C=O) groups is 1. The first-order chi connectivity index (χ1) is 10.2. The predicted octanol–water partition coefficient (Wildman–Crippen LogP) is 2.46. The molecule has 1 amide bonds. The van der Waals surface area contributed by atoms with Crippen LogP contribution < -0.4 is 11.1 Å². The van der Waals surface area contributed by atoms with E-state index in [9.17, 15) is 4.79 Å². The van der Waals surface area contributed by atoms with Gasteiger partial charge in [-0.05, 0) is 36.6 Å². The molecule has 3 N–H and O–H groups in total. The standard InChI is InChI=1S/C17H17N3O/c18-12-14-7-4-8-15(11-14)20-17(21)16(19)10-9-13-5-2-1-3-6-13/h1-8,11,16H,9-10,19H2,(H,20,21). The molecule has 2 aromatic carbocycles. The Kier molecular flexibility index (Phi) is 5.08. The average molecular weight is 279 g/mol. The number of nitrogens with two attached hydrogens (primary N) is 1. The summed E-state index contributed by atoms with van der Waals surface area (Å²) in [6, 6.07) is 18.2. The Hall–Kier alpha value is -2.64. The molecule has 0 saturated carbocycles. The lowest BCUT2D eigenvalue weighted by atomic mass is 10.1. The number of nitrogens with one attached hydrogen (secondary N) is 1. The second kappa shape index (κ2) is 7.22. The normalized spacial score (nSPS) is 11.4. The highest BCUT2D eigenvalue weighted by Gasteiger charge is 2.13. The minimum atomic E-state index is -0.573. The van der Waals surface area contributed by atoms with Crippen molar-refractivity contribution >= 4 is 11.6 Å². The van der Waals surface area contributed by atoms with Gasteiger partial charge in [-0.2, -0.15) is 5.26 Å². The second-order valence-electron chi connectivity index (χ2n) is 4.81. The van der Waals surface area contributed by atoms with Crippen LogP contribution >= 0.6 is 0 Å². The molecule has 1 unspecified atom stereocenters. The lowest BCUT2D eigenvalue weighted by Crippen LogP contribution is -2.36. The third-order valence-electron chi connectivity index (χ3n) is 3.18. The van der Waals surface area contributed by atoms with Crippen LogP contribution in [0.25, 0.3) is 0 Å². The van der Waals surface area contributed by atoms with Crippen LogP contribution in [0.15, 0.2) is 54.6 Å². The number of benzene rings is 2. The van der Waals surface area contributed by atoms with E-state index in [1.54, 1.807) is 24.3 Å². The van der Waals surface area contributed by atoms with Crippen molar-refractivity contribution in [2.24, 2.45) is 5.73 Å². The molecule has 1 atom stereocenters. The molecule has 106 valence electrons. The molecule has 0 bridgehead atoms. The zero-order valence-electron chi connectivity index (χ0n) is 11.6. The van der Waals surface area contributed by atoms with Crippen molar-refractivity contribution in [2.75, 3.05) is 5.32 Å². The van der Waals surface area contributed by atoms with E-state index in [0.717, 1.165) is 12.0 Å². The van der Waals surface area contributed by atoms with Gasteiger partial charge >= 0.3 is 0 Å². The van der Waals surface area contributed by atoms with Crippen LogP contribution in [0.2, 0.25) is 0 Å². The molecule has 2 rings (SSSR count). The van der Waals surface area contributed by atoms with Crippen LogP contribution in [-0.2, 0) is 11.2 Å². The summed E-state index contributed by atoms with van der Waals surface area (Å²) in [7, 11) is 0. The number of nitrogens with zero attached hydrogens (tertiary/aromatic N) is 1. The Morgan fingerprint density at radius 1 is 1.19 bits per heavy atom. The van der Waals surface area contributed by atoms with E-state index in [4.69, 9.17) is 11.0 Å². The Bertz CT molecular complexity index is 647. The molecule has 0 fully saturated rings. The van der Waals surface area contributed by atoms with Gasteiger partial charge in [-0.1, -0.05) is 36.4 Å². The molecule has 21 heavy (non-hydrogen) atoms. The van der Waals surface area contributed by atoms with Crippen LogP contribution in [-0.4, -0.2) is 11.9 Å². The maximum absolute atomic E-state index is 12.0. The van der Waals surface area contributed by atoms with Gasteiger partial charge in [-0.25, -0.2) is 0 Å². The number of nitriles is 1. The molecule has 2 aromatic rings. The van der Waals surface area contributed by atoms with E-state index < -0.39 is 6.04 Å². The Morgan fingerprint density at radius 2 is 1.95 bits per heavy atom. The maximum atomic E-state index is 12.0. The number of hydrogen-bond donors (Lipinski definition) is 2. The maximum Gasteiger partial charge on any atom is 0.241 e. The summed E-state index contributed by atoms with van der Waals surface area (Å²) in [5.74, 6) is -0.235. The van der Waals surface area contributed by atoms with E-state index >= 15 is 0 Å². The van der Waals surface area contributed by atoms with Gasteiger partial charge in [0.15, 0.2) is 0 Å². The molecule has 0 saturated heterocycles. The summed E-state index contributed by atoms with van der Waals surface area (Å²) >= 11 is 0. The number of anilines is 1. The van der Waals surface area contributed by atoms with Crippen molar-refractivity contribution in [3.05, 3.63) is 65.7 Å². The first-order valence-corrected chi connectivity index (χ1v) is 6.79. The van der Waals surface area contributed by atoms with Gasteiger partial charge in [-0.15, -0.1) is 0 Å². The number of rotatable bonds is 5. The van der Waals surface area contributed by atoms with Crippen molar-refractivity contribution in [3.63, 3.8) is 0 Å². The molecular weight excluding hydrogens is 262 g/mol. The molecule has 4 heteroatoms. The fraction of sp³-hybridized carbons (Fsp3) is 0.176. The van der Waals surface area contributed by atoms with Crippen molar-refractivity contribution < 1.29 is 4.79 Å². The SMILES string of the molecule is N#Cc1cccc(NC(=O)C(N)CCc2ccccc2)c1. The first-order valence-electron chi connectivity index (χ1n) is 6.79. The van der Waals surface area contributed by atoms with Gasteiger partial charge in [-0.3, -0.25) is 4.79 Å². The fourth-order valence-electron chi connectivity index (χ4n) is 2.00. The molecule has 0 aromatic heterocycles. The van der Waals surface area contributed by atoms with Crippen LogP contribution in [0, 0.1) is 11.3 Å². The number of amides is 1. The van der Waals surface area contributed by atoms with Crippen LogP contribution in [0.1, 0.15) is 17.5 Å². The predicted molar refractivity (Wildman–Crippen MR) is 82.5 cm³/mol. The largest absolute Gasteiger partial charge is 0.325 e. The van der Waals surface area contributed by atoms with E-state index in [0.29, 0.717) is 17.7 Å². The third-order valence-corrected chi connectivity index (χ3v) is 3.18. The molecule has 0 heterocycles. The number of carbonyl (C=O) groups excluding carboxylic acids is 1. The fourth-order valence-corrected chi connectivity index (χ4v) is 2.00. The summed E-state index contributed by atoms with van der Waals surface area (Å²) in [6.07, 6.45) is 1.33. The lowest BCUT2D eigenvalue weighted by molar-refractivity contribution is -0.117. The Labute approximate surface area is 124 Å². The summed E-state index contributed by atoms with van der Waals surface area (Å²) in [4.78, 5) is 12.0. The Morgan fingerprint density at radius 3 is 2.67 bits per heavy atom. The van der Waals surface area contributed by atoms with Gasteiger partial charge in [0.05, 0.1) is 17.7 Å². The van der Waals surface area contributed by atoms with Gasteiger partial charge in [0, 0.05) is 5.69 Å². The second-order valence-corrected chi connectivity index (χ2v) is 4.81. The summed E-state index contributed by atoms with van der Waals surface area (Å²) in [5.41, 5.74) is 8.16. The topological polar surface area (TPSA) is 78.9 Å². The van der Waals surface area contributed by atoms with Crippen LogP contribution in [0.5, 0.6) is 0 Å². The van der Waals surface area contributed by atoms with E-state index in [1.807, 2.05) is 36.4 Å².